The maximum absolute atomic E-state index is 12.4. The number of nitrogen functional groups attached to an aromatic ring is 1. The molecule has 21 heavy (non-hydrogen) atoms. The number of hydrogen-bond acceptors (Lipinski definition) is 3. The Kier molecular flexibility index (Phi) is 5.13. The average Bonchev–Trinajstić information content (AvgIpc) is 2.43. The second kappa shape index (κ2) is 6.68. The molecule has 0 aliphatic carbocycles. The van der Waals surface area contributed by atoms with E-state index >= 15 is 0 Å². The first-order valence-electron chi connectivity index (χ1n) is 5.81. The smallest absolute Gasteiger partial charge is 0.257 e. The van der Waals surface area contributed by atoms with Gasteiger partial charge in [0.15, 0.2) is 0 Å². The van der Waals surface area contributed by atoms with Gasteiger partial charge in [-0.1, -0.05) is 27.5 Å². The zero-order valence-corrected chi connectivity index (χ0v) is 14.8. The monoisotopic (exact) mass is 432 g/mol. The predicted molar refractivity (Wildman–Crippen MR) is 92.2 cm³/mol. The highest BCUT2D eigenvalue weighted by atomic mass is 79.9. The molecule has 4 nitrogen and oxygen atoms in total. The van der Waals surface area contributed by atoms with E-state index in [9.17, 15) is 4.79 Å². The summed E-state index contributed by atoms with van der Waals surface area (Å²) in [6.45, 7) is 0. The standard InChI is InChI=1S/C14H11Br2ClN2O2/c1-21-12-6-8(18)5-10(16)13(12)19-14(20)9-4-7(15)2-3-11(9)17/h2-6H,18H2,1H3,(H,19,20). The quantitative estimate of drug-likeness (QED) is 0.688. The van der Waals surface area contributed by atoms with Crippen molar-refractivity contribution in [3.63, 3.8) is 0 Å². The highest BCUT2D eigenvalue weighted by Crippen LogP contribution is 2.36. The Labute approximate surface area is 143 Å². The molecule has 0 spiro atoms. The number of carbonyl (C=O) groups excluding carboxylic acids is 1. The lowest BCUT2D eigenvalue weighted by molar-refractivity contribution is 0.102. The molecule has 0 atom stereocenters. The van der Waals surface area contributed by atoms with Gasteiger partial charge in [0.1, 0.15) is 5.75 Å². The lowest BCUT2D eigenvalue weighted by Gasteiger charge is -2.13. The lowest BCUT2D eigenvalue weighted by Crippen LogP contribution is -2.14. The van der Waals surface area contributed by atoms with Crippen LogP contribution >= 0.6 is 43.5 Å². The van der Waals surface area contributed by atoms with Crippen LogP contribution in [0.5, 0.6) is 5.75 Å². The van der Waals surface area contributed by atoms with Crippen LogP contribution in [0.3, 0.4) is 0 Å². The van der Waals surface area contributed by atoms with Crippen molar-refractivity contribution in [3.05, 3.63) is 49.9 Å². The van der Waals surface area contributed by atoms with Gasteiger partial charge in [-0.3, -0.25) is 4.79 Å². The number of carbonyl (C=O) groups is 1. The number of rotatable bonds is 3. The molecule has 0 saturated carbocycles. The first-order valence-corrected chi connectivity index (χ1v) is 7.78. The number of methoxy groups -OCH3 is 1. The summed E-state index contributed by atoms with van der Waals surface area (Å²) in [5.41, 5.74) is 7.12. The number of anilines is 2. The Morgan fingerprint density at radius 1 is 1.29 bits per heavy atom. The molecule has 3 N–H and O–H groups in total. The molecular weight excluding hydrogens is 423 g/mol. The maximum Gasteiger partial charge on any atom is 0.257 e. The number of hydrogen-bond donors (Lipinski definition) is 2. The first kappa shape index (κ1) is 16.1. The molecule has 0 radical (unpaired) electrons. The Balaban J connectivity index is 2.38. The summed E-state index contributed by atoms with van der Waals surface area (Å²) in [5.74, 6) is 0.117. The largest absolute Gasteiger partial charge is 0.494 e. The van der Waals surface area contributed by atoms with Gasteiger partial charge in [0.05, 0.1) is 23.4 Å². The number of benzene rings is 2. The number of nitrogens with two attached hydrogens (primary N) is 1. The molecule has 1 amide bonds. The van der Waals surface area contributed by atoms with Crippen molar-refractivity contribution in [1.82, 2.24) is 0 Å². The van der Waals surface area contributed by atoms with Crippen LogP contribution in [0.1, 0.15) is 10.4 Å². The Morgan fingerprint density at radius 3 is 2.67 bits per heavy atom. The van der Waals surface area contributed by atoms with E-state index in [4.69, 9.17) is 22.1 Å². The lowest BCUT2D eigenvalue weighted by atomic mass is 10.2. The molecule has 2 aromatic rings. The molecule has 0 unspecified atom stereocenters. The second-order valence-electron chi connectivity index (χ2n) is 4.16. The first-order chi connectivity index (χ1) is 9.92. The summed E-state index contributed by atoms with van der Waals surface area (Å²) < 4.78 is 6.62. The van der Waals surface area contributed by atoms with Gasteiger partial charge in [0.2, 0.25) is 0 Å². The van der Waals surface area contributed by atoms with Crippen LogP contribution in [-0.4, -0.2) is 13.0 Å². The van der Waals surface area contributed by atoms with E-state index < -0.39 is 0 Å². The third-order valence-corrected chi connectivity index (χ3v) is 4.16. The van der Waals surface area contributed by atoms with Gasteiger partial charge in [-0.25, -0.2) is 0 Å². The van der Waals surface area contributed by atoms with E-state index in [1.807, 2.05) is 0 Å². The second-order valence-corrected chi connectivity index (χ2v) is 6.34. The minimum atomic E-state index is -0.343. The van der Waals surface area contributed by atoms with Gasteiger partial charge in [-0.2, -0.15) is 0 Å². The summed E-state index contributed by atoms with van der Waals surface area (Å²) in [7, 11) is 1.50. The number of amides is 1. The van der Waals surface area contributed by atoms with Gasteiger partial charge < -0.3 is 15.8 Å². The van der Waals surface area contributed by atoms with Crippen LogP contribution in [0.25, 0.3) is 0 Å². The Hall–Kier alpha value is -1.24. The summed E-state index contributed by atoms with van der Waals surface area (Å²) in [4.78, 5) is 12.4. The zero-order valence-electron chi connectivity index (χ0n) is 10.9. The summed E-state index contributed by atoms with van der Waals surface area (Å²) in [6, 6.07) is 8.37. The SMILES string of the molecule is COc1cc(N)cc(Br)c1NC(=O)c1cc(Br)ccc1Cl. The van der Waals surface area contributed by atoms with E-state index in [0.717, 1.165) is 4.47 Å². The zero-order chi connectivity index (χ0) is 15.6. The molecule has 2 aromatic carbocycles. The van der Waals surface area contributed by atoms with Crippen LogP contribution in [0.15, 0.2) is 39.3 Å². The number of ether oxygens (including phenoxy) is 1. The molecule has 0 aromatic heterocycles. The average molecular weight is 435 g/mol. The van der Waals surface area contributed by atoms with Crippen molar-refractivity contribution in [1.29, 1.82) is 0 Å². The molecule has 2 rings (SSSR count). The third kappa shape index (κ3) is 3.70. The van der Waals surface area contributed by atoms with Gasteiger partial charge in [-0.15, -0.1) is 0 Å². The van der Waals surface area contributed by atoms with Crippen molar-refractivity contribution >= 4 is 60.7 Å². The topological polar surface area (TPSA) is 64.3 Å². The number of nitrogens with one attached hydrogen (secondary N) is 1. The Bertz CT molecular complexity index is 708. The maximum atomic E-state index is 12.4. The molecule has 0 fully saturated rings. The molecule has 7 heteroatoms. The highest BCUT2D eigenvalue weighted by molar-refractivity contribution is 9.10. The normalized spacial score (nSPS) is 10.3. The minimum Gasteiger partial charge on any atom is -0.494 e. The number of halogens is 3. The van der Waals surface area contributed by atoms with Gasteiger partial charge in [-0.05, 0) is 40.2 Å². The van der Waals surface area contributed by atoms with Crippen LogP contribution in [0.4, 0.5) is 11.4 Å². The highest BCUT2D eigenvalue weighted by Gasteiger charge is 2.16. The van der Waals surface area contributed by atoms with Gasteiger partial charge >= 0.3 is 0 Å². The molecular formula is C14H11Br2ClN2O2. The van der Waals surface area contributed by atoms with E-state index in [2.05, 4.69) is 37.2 Å². The van der Waals surface area contributed by atoms with Crippen molar-refractivity contribution in [2.24, 2.45) is 0 Å². The van der Waals surface area contributed by atoms with Crippen LogP contribution in [0.2, 0.25) is 5.02 Å². The van der Waals surface area contributed by atoms with E-state index in [1.165, 1.54) is 7.11 Å². The molecule has 0 heterocycles. The summed E-state index contributed by atoms with van der Waals surface area (Å²) in [6.07, 6.45) is 0. The van der Waals surface area contributed by atoms with E-state index in [-0.39, 0.29) is 5.91 Å². The van der Waals surface area contributed by atoms with Crippen LogP contribution in [0, 0.1) is 0 Å². The van der Waals surface area contributed by atoms with Gasteiger partial charge in [0, 0.05) is 20.7 Å². The molecule has 0 saturated heterocycles. The molecule has 110 valence electrons. The van der Waals surface area contributed by atoms with Gasteiger partial charge in [0.25, 0.3) is 5.91 Å². The Morgan fingerprint density at radius 2 is 2.00 bits per heavy atom. The fourth-order valence-electron chi connectivity index (χ4n) is 1.74. The van der Waals surface area contributed by atoms with Crippen LogP contribution in [-0.2, 0) is 0 Å². The summed E-state index contributed by atoms with van der Waals surface area (Å²) >= 11 is 12.7. The molecule has 0 aliphatic heterocycles. The summed E-state index contributed by atoms with van der Waals surface area (Å²) in [5, 5.41) is 3.13. The predicted octanol–water partition coefficient (Wildman–Crippen LogP) is 4.71. The van der Waals surface area contributed by atoms with Crippen molar-refractivity contribution in [3.8, 4) is 5.75 Å². The molecule has 0 aliphatic rings. The van der Waals surface area contributed by atoms with Crippen LogP contribution < -0.4 is 15.8 Å². The van der Waals surface area contributed by atoms with E-state index in [1.54, 1.807) is 30.3 Å². The fourth-order valence-corrected chi connectivity index (χ4v) is 2.86. The minimum absolute atomic E-state index is 0.343. The van der Waals surface area contributed by atoms with Crippen molar-refractivity contribution in [2.45, 2.75) is 0 Å². The third-order valence-electron chi connectivity index (χ3n) is 2.71. The van der Waals surface area contributed by atoms with Crippen molar-refractivity contribution < 1.29 is 9.53 Å². The van der Waals surface area contributed by atoms with Crippen molar-refractivity contribution in [2.75, 3.05) is 18.2 Å². The fraction of sp³-hybridized carbons (Fsp3) is 0.0714. The van der Waals surface area contributed by atoms with E-state index in [0.29, 0.717) is 32.2 Å². The molecule has 0 bridgehead atoms.